The highest BCUT2D eigenvalue weighted by Gasteiger charge is 2.41. The van der Waals surface area contributed by atoms with Gasteiger partial charge in [0.2, 0.25) is 0 Å². The van der Waals surface area contributed by atoms with Crippen LogP contribution in [0.2, 0.25) is 0 Å². The van der Waals surface area contributed by atoms with Crippen molar-refractivity contribution in [3.8, 4) is 11.5 Å². The highest BCUT2D eigenvalue weighted by atomic mass is 16.5. The number of methoxy groups -OCH3 is 2. The third kappa shape index (κ3) is 4.52. The standard InChI is InChI=1S/C22H36N2O2/c1-18(2)9-13-23-14-11-22(16-23)10-6-12-24(17-22)15-19-7-5-8-20(25-3)21(19)26-4/h5,7-8,18H,6,9-17H2,1-4H3/t22-/m0/s1. The third-order valence-corrected chi connectivity index (χ3v) is 6.16. The van der Waals surface area contributed by atoms with Gasteiger partial charge in [0.05, 0.1) is 14.2 Å². The SMILES string of the molecule is COc1cccc(CN2CCC[C@@]3(CCN(CCC(C)C)C3)C2)c1OC. The van der Waals surface area contributed by atoms with Crippen LogP contribution in [0.1, 0.15) is 45.1 Å². The van der Waals surface area contributed by atoms with E-state index in [4.69, 9.17) is 9.47 Å². The van der Waals surface area contributed by atoms with Gasteiger partial charge in [-0.05, 0) is 62.7 Å². The highest BCUT2D eigenvalue weighted by molar-refractivity contribution is 5.46. The van der Waals surface area contributed by atoms with Crippen molar-refractivity contribution in [2.24, 2.45) is 11.3 Å². The lowest BCUT2D eigenvalue weighted by Gasteiger charge is -2.40. The number of hydrogen-bond donors (Lipinski definition) is 0. The first-order chi connectivity index (χ1) is 12.5. The van der Waals surface area contributed by atoms with Crippen molar-refractivity contribution in [1.29, 1.82) is 0 Å². The van der Waals surface area contributed by atoms with E-state index in [0.717, 1.165) is 24.0 Å². The van der Waals surface area contributed by atoms with Crippen LogP contribution in [-0.2, 0) is 6.54 Å². The lowest BCUT2D eigenvalue weighted by molar-refractivity contribution is 0.0862. The van der Waals surface area contributed by atoms with E-state index in [0.29, 0.717) is 5.41 Å². The molecule has 0 saturated carbocycles. The largest absolute Gasteiger partial charge is 0.493 e. The molecule has 3 rings (SSSR count). The number of para-hydroxylation sites is 1. The number of piperidine rings is 1. The van der Waals surface area contributed by atoms with E-state index in [1.807, 2.05) is 6.07 Å². The van der Waals surface area contributed by atoms with Crippen LogP contribution in [0, 0.1) is 11.3 Å². The van der Waals surface area contributed by atoms with Crippen LogP contribution in [0.3, 0.4) is 0 Å². The molecule has 4 heteroatoms. The van der Waals surface area contributed by atoms with Crippen molar-refractivity contribution < 1.29 is 9.47 Å². The van der Waals surface area contributed by atoms with Gasteiger partial charge in [-0.15, -0.1) is 0 Å². The number of benzene rings is 1. The van der Waals surface area contributed by atoms with Gasteiger partial charge in [0.15, 0.2) is 11.5 Å². The molecule has 4 nitrogen and oxygen atoms in total. The fraction of sp³-hybridized carbons (Fsp3) is 0.727. The molecule has 0 aromatic heterocycles. The van der Waals surface area contributed by atoms with Crippen molar-refractivity contribution in [2.75, 3.05) is 46.9 Å². The predicted octanol–water partition coefficient (Wildman–Crippen LogP) is 4.04. The van der Waals surface area contributed by atoms with Gasteiger partial charge in [0.1, 0.15) is 0 Å². The van der Waals surface area contributed by atoms with Crippen LogP contribution in [0.15, 0.2) is 18.2 Å². The molecule has 1 spiro atoms. The molecule has 2 aliphatic rings. The zero-order chi connectivity index (χ0) is 18.6. The molecule has 2 heterocycles. The first-order valence-corrected chi connectivity index (χ1v) is 10.2. The molecule has 1 aromatic carbocycles. The maximum atomic E-state index is 5.64. The van der Waals surface area contributed by atoms with E-state index in [-0.39, 0.29) is 0 Å². The minimum atomic E-state index is 0.501. The highest BCUT2D eigenvalue weighted by Crippen LogP contribution is 2.40. The Bertz CT molecular complexity index is 590. The van der Waals surface area contributed by atoms with E-state index < -0.39 is 0 Å². The Hall–Kier alpha value is -1.26. The van der Waals surface area contributed by atoms with Crippen LogP contribution < -0.4 is 9.47 Å². The molecule has 1 atom stereocenters. The van der Waals surface area contributed by atoms with Crippen LogP contribution in [0.4, 0.5) is 0 Å². The Morgan fingerprint density at radius 1 is 1.04 bits per heavy atom. The average molecular weight is 361 g/mol. The van der Waals surface area contributed by atoms with Crippen molar-refractivity contribution in [3.05, 3.63) is 23.8 Å². The monoisotopic (exact) mass is 360 g/mol. The molecule has 0 radical (unpaired) electrons. The average Bonchev–Trinajstić information content (AvgIpc) is 3.02. The zero-order valence-corrected chi connectivity index (χ0v) is 17.1. The van der Waals surface area contributed by atoms with Crippen LogP contribution in [0.25, 0.3) is 0 Å². The lowest BCUT2D eigenvalue weighted by atomic mass is 9.79. The van der Waals surface area contributed by atoms with Gasteiger partial charge < -0.3 is 14.4 Å². The smallest absolute Gasteiger partial charge is 0.165 e. The molecule has 2 saturated heterocycles. The normalized spacial score (nSPS) is 24.5. The fourth-order valence-electron chi connectivity index (χ4n) is 4.76. The van der Waals surface area contributed by atoms with Gasteiger partial charge in [-0.2, -0.15) is 0 Å². The summed E-state index contributed by atoms with van der Waals surface area (Å²) in [7, 11) is 3.45. The third-order valence-electron chi connectivity index (χ3n) is 6.16. The topological polar surface area (TPSA) is 24.9 Å². The van der Waals surface area contributed by atoms with Gasteiger partial charge in [-0.25, -0.2) is 0 Å². The predicted molar refractivity (Wildman–Crippen MR) is 107 cm³/mol. The Labute approximate surface area is 159 Å². The molecule has 1 aromatic rings. The van der Waals surface area contributed by atoms with Crippen LogP contribution in [-0.4, -0.2) is 56.7 Å². The number of likely N-dealkylation sites (tertiary alicyclic amines) is 2. The second kappa shape index (κ2) is 8.62. The Morgan fingerprint density at radius 3 is 2.58 bits per heavy atom. The molecule has 0 unspecified atom stereocenters. The summed E-state index contributed by atoms with van der Waals surface area (Å²) >= 11 is 0. The van der Waals surface area contributed by atoms with E-state index >= 15 is 0 Å². The summed E-state index contributed by atoms with van der Waals surface area (Å²) in [5, 5.41) is 0. The molecule has 2 fully saturated rings. The van der Waals surface area contributed by atoms with Crippen molar-refractivity contribution in [2.45, 2.75) is 46.1 Å². The summed E-state index contributed by atoms with van der Waals surface area (Å²) in [5.74, 6) is 2.52. The summed E-state index contributed by atoms with van der Waals surface area (Å²) in [4.78, 5) is 5.34. The van der Waals surface area contributed by atoms with E-state index in [1.54, 1.807) is 14.2 Å². The molecule has 2 aliphatic heterocycles. The van der Waals surface area contributed by atoms with E-state index in [2.05, 4.69) is 35.8 Å². The molecule has 26 heavy (non-hydrogen) atoms. The second-order valence-electron chi connectivity index (χ2n) is 8.68. The van der Waals surface area contributed by atoms with Gasteiger partial charge in [0.25, 0.3) is 0 Å². The maximum absolute atomic E-state index is 5.64. The fourth-order valence-corrected chi connectivity index (χ4v) is 4.76. The van der Waals surface area contributed by atoms with Crippen molar-refractivity contribution >= 4 is 0 Å². The Morgan fingerprint density at radius 2 is 1.85 bits per heavy atom. The summed E-state index contributed by atoms with van der Waals surface area (Å²) in [5.41, 5.74) is 1.74. The molecule has 0 N–H and O–H groups in total. The summed E-state index contributed by atoms with van der Waals surface area (Å²) < 4.78 is 11.1. The maximum Gasteiger partial charge on any atom is 0.165 e. The van der Waals surface area contributed by atoms with Crippen molar-refractivity contribution in [3.63, 3.8) is 0 Å². The summed E-state index contributed by atoms with van der Waals surface area (Å²) in [6, 6.07) is 6.22. The molecular formula is C22H36N2O2. The molecule has 0 bridgehead atoms. The van der Waals surface area contributed by atoms with E-state index in [1.165, 1.54) is 64.0 Å². The number of hydrogen-bond acceptors (Lipinski definition) is 4. The summed E-state index contributed by atoms with van der Waals surface area (Å²) in [6.45, 7) is 11.8. The van der Waals surface area contributed by atoms with Gasteiger partial charge in [0, 0.05) is 25.2 Å². The molecular weight excluding hydrogens is 324 g/mol. The van der Waals surface area contributed by atoms with Crippen LogP contribution >= 0.6 is 0 Å². The van der Waals surface area contributed by atoms with Gasteiger partial charge >= 0.3 is 0 Å². The quantitative estimate of drug-likeness (QED) is 0.733. The van der Waals surface area contributed by atoms with Gasteiger partial charge in [-0.1, -0.05) is 26.0 Å². The molecule has 0 aliphatic carbocycles. The Kier molecular flexibility index (Phi) is 6.46. The molecule has 0 amide bonds. The second-order valence-corrected chi connectivity index (χ2v) is 8.68. The zero-order valence-electron chi connectivity index (χ0n) is 17.1. The number of nitrogens with zero attached hydrogens (tertiary/aromatic N) is 2. The molecule has 146 valence electrons. The van der Waals surface area contributed by atoms with Crippen LogP contribution in [0.5, 0.6) is 11.5 Å². The summed E-state index contributed by atoms with van der Waals surface area (Å²) in [6.07, 6.45) is 5.37. The minimum Gasteiger partial charge on any atom is -0.493 e. The van der Waals surface area contributed by atoms with E-state index in [9.17, 15) is 0 Å². The first kappa shape index (κ1) is 19.5. The minimum absolute atomic E-state index is 0.501. The first-order valence-electron chi connectivity index (χ1n) is 10.2. The lowest BCUT2D eigenvalue weighted by Crippen LogP contribution is -2.44. The van der Waals surface area contributed by atoms with Gasteiger partial charge in [-0.3, -0.25) is 4.90 Å². The Balaban J connectivity index is 1.63. The number of ether oxygens (including phenoxy) is 2. The number of rotatable bonds is 7. The van der Waals surface area contributed by atoms with Crippen molar-refractivity contribution in [1.82, 2.24) is 9.80 Å².